The Morgan fingerprint density at radius 2 is 1.95 bits per heavy atom. The molecule has 4 nitrogen and oxygen atoms in total. The predicted molar refractivity (Wildman–Crippen MR) is 82.0 cm³/mol. The van der Waals surface area contributed by atoms with Crippen molar-refractivity contribution in [2.24, 2.45) is 0 Å². The summed E-state index contributed by atoms with van der Waals surface area (Å²) in [6.07, 6.45) is 4.61. The minimum Gasteiger partial charge on any atom is -0.337 e. The number of hydrogen-bond donors (Lipinski definition) is 0. The summed E-state index contributed by atoms with van der Waals surface area (Å²) in [5.74, 6) is -0.0655. The highest BCUT2D eigenvalue weighted by Gasteiger charge is 2.37. The van der Waals surface area contributed by atoms with Gasteiger partial charge < -0.3 is 4.90 Å². The summed E-state index contributed by atoms with van der Waals surface area (Å²) < 4.78 is 23.9. The lowest BCUT2D eigenvalue weighted by molar-refractivity contribution is 0.0700. The first-order valence-corrected chi connectivity index (χ1v) is 9.71. The van der Waals surface area contributed by atoms with Crippen LogP contribution in [0.4, 0.5) is 0 Å². The summed E-state index contributed by atoms with van der Waals surface area (Å²) in [6.45, 7) is 1.91. The number of carbonyl (C=O) groups excluding carboxylic acids is 1. The van der Waals surface area contributed by atoms with Gasteiger partial charge in [0.15, 0.2) is 9.84 Å². The first-order valence-electron chi connectivity index (χ1n) is 6.81. The Bertz CT molecular complexity index is 591. The van der Waals surface area contributed by atoms with Crippen molar-refractivity contribution in [1.82, 2.24) is 4.90 Å². The lowest BCUT2D eigenvalue weighted by Crippen LogP contribution is -2.49. The van der Waals surface area contributed by atoms with E-state index in [1.165, 1.54) is 17.6 Å². The van der Waals surface area contributed by atoms with Crippen molar-refractivity contribution < 1.29 is 13.2 Å². The smallest absolute Gasteiger partial charge is 0.254 e. The summed E-state index contributed by atoms with van der Waals surface area (Å²) >= 11 is 1.50. The lowest BCUT2D eigenvalue weighted by atomic mass is 9.93. The molecule has 20 heavy (non-hydrogen) atoms. The maximum Gasteiger partial charge on any atom is 0.254 e. The van der Waals surface area contributed by atoms with E-state index in [1.807, 2.05) is 17.7 Å². The van der Waals surface area contributed by atoms with Gasteiger partial charge in [0.25, 0.3) is 5.91 Å². The molecule has 1 aliphatic rings. The van der Waals surface area contributed by atoms with Crippen LogP contribution in [0, 0.1) is 6.92 Å². The minimum atomic E-state index is -3.12. The van der Waals surface area contributed by atoms with Crippen molar-refractivity contribution in [3.63, 3.8) is 0 Å². The third kappa shape index (κ3) is 3.06. The SMILES string of the molecule is Cc1cscc1C(=O)N(C)C1CCCCC1S(C)(=O)=O. The topological polar surface area (TPSA) is 54.5 Å². The molecule has 1 aromatic rings. The van der Waals surface area contributed by atoms with Gasteiger partial charge in [0.1, 0.15) is 0 Å². The molecule has 0 bridgehead atoms. The molecule has 0 aliphatic heterocycles. The number of amides is 1. The van der Waals surface area contributed by atoms with Crippen LogP contribution < -0.4 is 0 Å². The molecule has 0 spiro atoms. The van der Waals surface area contributed by atoms with Gasteiger partial charge in [0.2, 0.25) is 0 Å². The van der Waals surface area contributed by atoms with E-state index in [9.17, 15) is 13.2 Å². The fourth-order valence-corrected chi connectivity index (χ4v) is 5.25. The Labute approximate surface area is 124 Å². The van der Waals surface area contributed by atoms with E-state index in [4.69, 9.17) is 0 Å². The Balaban J connectivity index is 2.24. The van der Waals surface area contributed by atoms with E-state index in [2.05, 4.69) is 0 Å². The number of carbonyl (C=O) groups is 1. The van der Waals surface area contributed by atoms with E-state index in [0.29, 0.717) is 12.0 Å². The van der Waals surface area contributed by atoms with Gasteiger partial charge >= 0.3 is 0 Å². The average Bonchev–Trinajstić information content (AvgIpc) is 2.82. The van der Waals surface area contributed by atoms with Gasteiger partial charge in [-0.05, 0) is 30.7 Å². The molecule has 1 heterocycles. The zero-order valence-corrected chi connectivity index (χ0v) is 13.8. The largest absolute Gasteiger partial charge is 0.337 e. The third-order valence-electron chi connectivity index (χ3n) is 4.12. The molecule has 0 radical (unpaired) electrons. The van der Waals surface area contributed by atoms with Crippen LogP contribution in [0.5, 0.6) is 0 Å². The molecule has 0 N–H and O–H groups in total. The van der Waals surface area contributed by atoms with Crippen molar-refractivity contribution in [2.75, 3.05) is 13.3 Å². The third-order valence-corrected chi connectivity index (χ3v) is 6.63. The molecule has 6 heteroatoms. The molecule has 2 rings (SSSR count). The summed E-state index contributed by atoms with van der Waals surface area (Å²) in [6, 6.07) is -0.203. The van der Waals surface area contributed by atoms with Crippen LogP contribution in [0.15, 0.2) is 10.8 Å². The zero-order chi connectivity index (χ0) is 14.9. The number of rotatable bonds is 3. The normalized spacial score (nSPS) is 23.6. The van der Waals surface area contributed by atoms with Crippen LogP contribution in [0.1, 0.15) is 41.6 Å². The first kappa shape index (κ1) is 15.5. The Kier molecular flexibility index (Phi) is 4.54. The second-order valence-corrected chi connectivity index (χ2v) is 8.61. The number of sulfone groups is 1. The number of aryl methyl sites for hydroxylation is 1. The van der Waals surface area contributed by atoms with Crippen LogP contribution in [0.25, 0.3) is 0 Å². The van der Waals surface area contributed by atoms with Crippen molar-refractivity contribution in [3.05, 3.63) is 21.9 Å². The highest BCUT2D eigenvalue weighted by atomic mass is 32.2. The van der Waals surface area contributed by atoms with Gasteiger partial charge in [-0.1, -0.05) is 12.8 Å². The molecular formula is C14H21NO3S2. The molecule has 1 aromatic heterocycles. The molecule has 2 unspecified atom stereocenters. The highest BCUT2D eigenvalue weighted by Crippen LogP contribution is 2.29. The summed E-state index contributed by atoms with van der Waals surface area (Å²) in [4.78, 5) is 14.2. The van der Waals surface area contributed by atoms with Gasteiger partial charge in [0.05, 0.1) is 10.8 Å². The number of thiophene rings is 1. The van der Waals surface area contributed by atoms with Crippen molar-refractivity contribution in [1.29, 1.82) is 0 Å². The maximum atomic E-state index is 12.5. The molecule has 1 amide bonds. The van der Waals surface area contributed by atoms with Gasteiger partial charge in [-0.25, -0.2) is 8.42 Å². The van der Waals surface area contributed by atoms with Crippen molar-refractivity contribution in [2.45, 2.75) is 43.9 Å². The molecule has 112 valence electrons. The second kappa shape index (κ2) is 5.85. The van der Waals surface area contributed by atoms with Crippen LogP contribution in [-0.2, 0) is 9.84 Å². The van der Waals surface area contributed by atoms with Crippen LogP contribution in [-0.4, -0.2) is 43.8 Å². The standard InChI is InChI=1S/C14H21NO3S2/c1-10-8-19-9-11(10)14(16)15(2)12-6-4-5-7-13(12)20(3,17)18/h8-9,12-13H,4-7H2,1-3H3. The Morgan fingerprint density at radius 3 is 2.50 bits per heavy atom. The second-order valence-electron chi connectivity index (χ2n) is 5.60. The van der Waals surface area contributed by atoms with Crippen LogP contribution in [0.2, 0.25) is 0 Å². The highest BCUT2D eigenvalue weighted by molar-refractivity contribution is 7.91. The van der Waals surface area contributed by atoms with E-state index in [1.54, 1.807) is 11.9 Å². The first-order chi connectivity index (χ1) is 9.32. The fourth-order valence-electron chi connectivity index (χ4n) is 2.94. The van der Waals surface area contributed by atoms with Crippen molar-refractivity contribution >= 4 is 27.1 Å². The summed E-state index contributed by atoms with van der Waals surface area (Å²) in [7, 11) is -1.39. The van der Waals surface area contributed by atoms with Gasteiger partial charge in [-0.15, -0.1) is 0 Å². The van der Waals surface area contributed by atoms with Crippen LogP contribution in [0.3, 0.4) is 0 Å². The Hall–Kier alpha value is -0.880. The van der Waals surface area contributed by atoms with E-state index in [-0.39, 0.29) is 11.9 Å². The molecular weight excluding hydrogens is 294 g/mol. The van der Waals surface area contributed by atoms with E-state index >= 15 is 0 Å². The molecule has 0 aromatic carbocycles. The summed E-state index contributed by atoms with van der Waals surface area (Å²) in [5.41, 5.74) is 1.65. The van der Waals surface area contributed by atoms with E-state index in [0.717, 1.165) is 24.8 Å². The molecule has 2 atom stereocenters. The minimum absolute atomic E-state index is 0.0655. The van der Waals surface area contributed by atoms with E-state index < -0.39 is 15.1 Å². The number of nitrogens with zero attached hydrogens (tertiary/aromatic N) is 1. The van der Waals surface area contributed by atoms with Gasteiger partial charge in [-0.2, -0.15) is 11.3 Å². The zero-order valence-electron chi connectivity index (χ0n) is 12.1. The molecule has 1 fully saturated rings. The number of hydrogen-bond acceptors (Lipinski definition) is 4. The molecule has 0 saturated heterocycles. The fraction of sp³-hybridized carbons (Fsp3) is 0.643. The quantitative estimate of drug-likeness (QED) is 0.861. The summed E-state index contributed by atoms with van der Waals surface area (Å²) in [5, 5.41) is 3.35. The monoisotopic (exact) mass is 315 g/mol. The van der Waals surface area contributed by atoms with Crippen LogP contribution >= 0.6 is 11.3 Å². The predicted octanol–water partition coefficient (Wildman–Crippen LogP) is 2.48. The lowest BCUT2D eigenvalue weighted by Gasteiger charge is -2.37. The Morgan fingerprint density at radius 1 is 1.30 bits per heavy atom. The van der Waals surface area contributed by atoms with Crippen molar-refractivity contribution in [3.8, 4) is 0 Å². The van der Waals surface area contributed by atoms with Gasteiger partial charge in [-0.3, -0.25) is 4.79 Å². The molecule has 1 aliphatic carbocycles. The maximum absolute atomic E-state index is 12.5. The average molecular weight is 315 g/mol. The molecule has 1 saturated carbocycles. The van der Waals surface area contributed by atoms with Gasteiger partial charge in [0, 0.05) is 24.7 Å².